The third-order valence-corrected chi connectivity index (χ3v) is 3.25. The zero-order valence-corrected chi connectivity index (χ0v) is 11.2. The normalized spacial score (nSPS) is 13.7. The van der Waals surface area contributed by atoms with Crippen molar-refractivity contribution in [2.75, 3.05) is 0 Å². The highest BCUT2D eigenvalue weighted by molar-refractivity contribution is 5.32. The number of benzene rings is 1. The molecule has 0 aliphatic carbocycles. The topological polar surface area (TPSA) is 64.5 Å². The molecule has 1 aromatic heterocycles. The molecule has 0 radical (unpaired) electrons. The zero-order valence-electron chi connectivity index (χ0n) is 11.2. The Morgan fingerprint density at radius 3 is 2.63 bits per heavy atom. The van der Waals surface area contributed by atoms with Crippen molar-refractivity contribution in [1.29, 1.82) is 5.26 Å². The third-order valence-electron chi connectivity index (χ3n) is 3.25. The first-order valence-electron chi connectivity index (χ1n) is 6.50. The van der Waals surface area contributed by atoms with Crippen LogP contribution >= 0.6 is 0 Å². The Morgan fingerprint density at radius 2 is 2.11 bits per heavy atom. The van der Waals surface area contributed by atoms with Crippen molar-refractivity contribution in [2.24, 2.45) is 0 Å². The summed E-state index contributed by atoms with van der Waals surface area (Å²) in [5.74, 6) is 0.961. The minimum Gasteiger partial charge on any atom is -0.347 e. The van der Waals surface area contributed by atoms with Crippen molar-refractivity contribution >= 4 is 0 Å². The zero-order chi connectivity index (χ0) is 13.7. The molecule has 2 N–H and O–H groups in total. The van der Waals surface area contributed by atoms with Crippen molar-refractivity contribution in [1.82, 2.24) is 15.3 Å². The van der Waals surface area contributed by atoms with E-state index >= 15 is 0 Å². The minimum absolute atomic E-state index is 0.209. The summed E-state index contributed by atoms with van der Waals surface area (Å²) >= 11 is 0. The van der Waals surface area contributed by atoms with Crippen LogP contribution in [0.25, 0.3) is 0 Å². The molecule has 2 unspecified atom stereocenters. The number of hydrogen-bond acceptors (Lipinski definition) is 3. The maximum absolute atomic E-state index is 8.80. The molecule has 0 fully saturated rings. The maximum Gasteiger partial charge on any atom is 0.123 e. The van der Waals surface area contributed by atoms with Gasteiger partial charge in [-0.1, -0.05) is 19.1 Å². The number of hydrogen-bond donors (Lipinski definition) is 2. The standard InChI is InChI=1S/C15H18N4/c1-3-14(15-17-8-9-18-15)19-11(2)13-6-4-12(10-16)5-7-13/h4-9,11,14,19H,3H2,1-2H3,(H,17,18). The summed E-state index contributed by atoms with van der Waals surface area (Å²) in [7, 11) is 0. The summed E-state index contributed by atoms with van der Waals surface area (Å²) in [4.78, 5) is 7.45. The second-order valence-corrected chi connectivity index (χ2v) is 4.56. The highest BCUT2D eigenvalue weighted by atomic mass is 15.0. The lowest BCUT2D eigenvalue weighted by atomic mass is 10.0. The largest absolute Gasteiger partial charge is 0.347 e. The molecule has 0 bridgehead atoms. The van der Waals surface area contributed by atoms with Gasteiger partial charge in [-0.05, 0) is 31.0 Å². The summed E-state index contributed by atoms with van der Waals surface area (Å²) in [5.41, 5.74) is 1.86. The lowest BCUT2D eigenvalue weighted by molar-refractivity contribution is 0.441. The van der Waals surface area contributed by atoms with Crippen LogP contribution in [0.4, 0.5) is 0 Å². The second kappa shape index (κ2) is 6.17. The molecule has 0 amide bonds. The molecular weight excluding hydrogens is 236 g/mol. The molecule has 2 atom stereocenters. The van der Waals surface area contributed by atoms with Crippen LogP contribution in [0.3, 0.4) is 0 Å². The number of imidazole rings is 1. The van der Waals surface area contributed by atoms with Gasteiger partial charge in [-0.2, -0.15) is 5.26 Å². The Balaban J connectivity index is 2.07. The first-order chi connectivity index (χ1) is 9.24. The maximum atomic E-state index is 8.80. The van der Waals surface area contributed by atoms with E-state index in [4.69, 9.17) is 5.26 Å². The number of H-pyrrole nitrogens is 1. The lowest BCUT2D eigenvalue weighted by Gasteiger charge is -2.21. The number of aromatic nitrogens is 2. The Kier molecular flexibility index (Phi) is 4.32. The molecule has 0 aliphatic heterocycles. The van der Waals surface area contributed by atoms with Crippen molar-refractivity contribution in [2.45, 2.75) is 32.4 Å². The fourth-order valence-electron chi connectivity index (χ4n) is 2.10. The predicted octanol–water partition coefficient (Wildman–Crippen LogP) is 3.08. The number of nitrogens with zero attached hydrogens (tertiary/aromatic N) is 2. The van der Waals surface area contributed by atoms with Crippen LogP contribution in [0.5, 0.6) is 0 Å². The first kappa shape index (κ1) is 13.3. The van der Waals surface area contributed by atoms with Crippen LogP contribution in [0, 0.1) is 11.3 Å². The van der Waals surface area contributed by atoms with Gasteiger partial charge in [0.2, 0.25) is 0 Å². The average molecular weight is 254 g/mol. The van der Waals surface area contributed by atoms with E-state index in [0.29, 0.717) is 5.56 Å². The third kappa shape index (κ3) is 3.21. The molecular formula is C15H18N4. The summed E-state index contributed by atoms with van der Waals surface area (Å²) in [6.45, 7) is 4.25. The lowest BCUT2D eigenvalue weighted by Crippen LogP contribution is -2.25. The minimum atomic E-state index is 0.209. The first-order valence-corrected chi connectivity index (χ1v) is 6.50. The highest BCUT2D eigenvalue weighted by Crippen LogP contribution is 2.20. The molecule has 19 heavy (non-hydrogen) atoms. The van der Waals surface area contributed by atoms with E-state index in [0.717, 1.165) is 12.2 Å². The fourth-order valence-corrected chi connectivity index (χ4v) is 2.10. The summed E-state index contributed by atoms with van der Waals surface area (Å²) < 4.78 is 0. The van der Waals surface area contributed by atoms with Gasteiger partial charge in [-0.15, -0.1) is 0 Å². The smallest absolute Gasteiger partial charge is 0.123 e. The van der Waals surface area contributed by atoms with Crippen LogP contribution < -0.4 is 5.32 Å². The van der Waals surface area contributed by atoms with Crippen LogP contribution in [0.2, 0.25) is 0 Å². The van der Waals surface area contributed by atoms with E-state index < -0.39 is 0 Å². The quantitative estimate of drug-likeness (QED) is 0.861. The average Bonchev–Trinajstić information content (AvgIpc) is 2.98. The molecule has 1 heterocycles. The summed E-state index contributed by atoms with van der Waals surface area (Å²) in [5, 5.41) is 12.3. The van der Waals surface area contributed by atoms with E-state index in [1.165, 1.54) is 5.56 Å². The fraction of sp³-hybridized carbons (Fsp3) is 0.333. The van der Waals surface area contributed by atoms with Crippen LogP contribution in [0.1, 0.15) is 49.3 Å². The molecule has 4 heteroatoms. The SMILES string of the molecule is CCC(NC(C)c1ccc(C#N)cc1)c1ncc[nH]1. The van der Waals surface area contributed by atoms with Gasteiger partial charge in [-0.3, -0.25) is 0 Å². The van der Waals surface area contributed by atoms with Gasteiger partial charge in [0.1, 0.15) is 5.82 Å². The Morgan fingerprint density at radius 1 is 1.37 bits per heavy atom. The van der Waals surface area contributed by atoms with Crippen LogP contribution in [-0.4, -0.2) is 9.97 Å². The van der Waals surface area contributed by atoms with E-state index in [1.54, 1.807) is 6.20 Å². The monoisotopic (exact) mass is 254 g/mol. The summed E-state index contributed by atoms with van der Waals surface area (Å²) in [6.07, 6.45) is 4.58. The van der Waals surface area contributed by atoms with Gasteiger partial charge in [0.05, 0.1) is 17.7 Å². The van der Waals surface area contributed by atoms with E-state index in [-0.39, 0.29) is 12.1 Å². The Labute approximate surface area is 113 Å². The van der Waals surface area contributed by atoms with Gasteiger partial charge >= 0.3 is 0 Å². The van der Waals surface area contributed by atoms with Gasteiger partial charge in [0.15, 0.2) is 0 Å². The van der Waals surface area contributed by atoms with Gasteiger partial charge in [-0.25, -0.2) is 4.98 Å². The predicted molar refractivity (Wildman–Crippen MR) is 74.3 cm³/mol. The Hall–Kier alpha value is -2.12. The van der Waals surface area contributed by atoms with Gasteiger partial charge in [0.25, 0.3) is 0 Å². The highest BCUT2D eigenvalue weighted by Gasteiger charge is 2.15. The van der Waals surface area contributed by atoms with E-state index in [1.807, 2.05) is 30.5 Å². The number of aromatic amines is 1. The molecule has 4 nitrogen and oxygen atoms in total. The van der Waals surface area contributed by atoms with E-state index in [9.17, 15) is 0 Å². The molecule has 0 saturated heterocycles. The molecule has 0 aliphatic rings. The molecule has 2 rings (SSSR count). The van der Waals surface area contributed by atoms with Gasteiger partial charge in [0, 0.05) is 18.4 Å². The molecule has 2 aromatic rings. The second-order valence-electron chi connectivity index (χ2n) is 4.56. The number of nitriles is 1. The number of rotatable bonds is 5. The molecule has 0 spiro atoms. The molecule has 0 saturated carbocycles. The number of nitrogens with one attached hydrogen (secondary N) is 2. The molecule has 98 valence electrons. The Bertz CT molecular complexity index is 537. The van der Waals surface area contributed by atoms with Gasteiger partial charge < -0.3 is 10.3 Å². The summed E-state index contributed by atoms with van der Waals surface area (Å²) in [6, 6.07) is 10.2. The van der Waals surface area contributed by atoms with Crippen molar-refractivity contribution < 1.29 is 0 Å². The van der Waals surface area contributed by atoms with Crippen LogP contribution in [0.15, 0.2) is 36.7 Å². The van der Waals surface area contributed by atoms with E-state index in [2.05, 4.69) is 35.2 Å². The van der Waals surface area contributed by atoms with Crippen molar-refractivity contribution in [3.63, 3.8) is 0 Å². The van der Waals surface area contributed by atoms with Crippen molar-refractivity contribution in [3.8, 4) is 6.07 Å². The van der Waals surface area contributed by atoms with Crippen LogP contribution in [-0.2, 0) is 0 Å². The van der Waals surface area contributed by atoms with Crippen molar-refractivity contribution in [3.05, 3.63) is 53.6 Å². The molecule has 1 aromatic carbocycles.